The average molecular weight is 502 g/mol. The maximum atomic E-state index is 12.5. The number of rotatable bonds is 10. The maximum absolute atomic E-state index is 12.5. The van der Waals surface area contributed by atoms with Crippen LogP contribution in [0.5, 0.6) is 0 Å². The van der Waals surface area contributed by atoms with Crippen LogP contribution in [0.2, 0.25) is 0 Å². The monoisotopic (exact) mass is 501 g/mol. The highest BCUT2D eigenvalue weighted by Gasteiger charge is 2.19. The summed E-state index contributed by atoms with van der Waals surface area (Å²) in [7, 11) is 3.38. The summed E-state index contributed by atoms with van der Waals surface area (Å²) < 4.78 is 2.01. The van der Waals surface area contributed by atoms with Crippen molar-refractivity contribution in [2.75, 3.05) is 43.2 Å². The molecular weight excluding hydrogens is 470 g/mol. The summed E-state index contributed by atoms with van der Waals surface area (Å²) in [6.45, 7) is 10.7. The van der Waals surface area contributed by atoms with Gasteiger partial charge in [-0.1, -0.05) is 23.1 Å². The van der Waals surface area contributed by atoms with Crippen molar-refractivity contribution in [2.24, 2.45) is 0 Å². The van der Waals surface area contributed by atoms with E-state index < -0.39 is 0 Å². The molecule has 0 aliphatic rings. The summed E-state index contributed by atoms with van der Waals surface area (Å²) in [5.41, 5.74) is 2.77. The van der Waals surface area contributed by atoms with E-state index in [1.165, 1.54) is 33.7 Å². The van der Waals surface area contributed by atoms with Crippen molar-refractivity contribution in [2.45, 2.75) is 39.4 Å². The molecule has 11 heteroatoms. The van der Waals surface area contributed by atoms with Crippen LogP contribution < -0.4 is 10.2 Å². The Kier molecular flexibility index (Phi) is 8.67. The lowest BCUT2D eigenvalue weighted by atomic mass is 10.2. The predicted octanol–water partition coefficient (Wildman–Crippen LogP) is 4.01. The van der Waals surface area contributed by atoms with Crippen molar-refractivity contribution >= 4 is 45.7 Å². The van der Waals surface area contributed by atoms with Gasteiger partial charge in [0.15, 0.2) is 16.1 Å². The van der Waals surface area contributed by atoms with Crippen LogP contribution in [0.4, 0.5) is 10.8 Å². The number of anilines is 2. The standard InChI is InChI=1S/C23H31N7O2S2/c1-7-29(8-2)17-12-10-16(11-13-17)20-26-27-23(30(20)9-3)33-14-18(31)25-22-24-15(4)19(34-22)21(32)28(5)6/h10-13H,7-9,14H2,1-6H3,(H,24,25,31). The first-order valence-electron chi connectivity index (χ1n) is 11.2. The normalized spacial score (nSPS) is 10.9. The van der Waals surface area contributed by atoms with Crippen LogP contribution in [0.15, 0.2) is 29.4 Å². The molecule has 1 N–H and O–H groups in total. The van der Waals surface area contributed by atoms with Crippen molar-refractivity contribution in [3.63, 3.8) is 0 Å². The number of nitrogens with zero attached hydrogens (tertiary/aromatic N) is 6. The molecule has 2 aromatic heterocycles. The summed E-state index contributed by atoms with van der Waals surface area (Å²) >= 11 is 2.50. The molecule has 0 saturated heterocycles. The number of hydrogen-bond donors (Lipinski definition) is 1. The number of thiazole rings is 1. The molecule has 0 saturated carbocycles. The number of benzene rings is 1. The minimum atomic E-state index is -0.210. The predicted molar refractivity (Wildman–Crippen MR) is 139 cm³/mol. The van der Waals surface area contributed by atoms with E-state index in [0.717, 1.165) is 24.5 Å². The van der Waals surface area contributed by atoms with E-state index >= 15 is 0 Å². The third-order valence-electron chi connectivity index (χ3n) is 5.26. The number of carbonyl (C=O) groups excluding carboxylic acids is 2. The Morgan fingerprint density at radius 1 is 1.09 bits per heavy atom. The van der Waals surface area contributed by atoms with Crippen molar-refractivity contribution < 1.29 is 9.59 Å². The van der Waals surface area contributed by atoms with Crippen LogP contribution >= 0.6 is 23.1 Å². The highest BCUT2D eigenvalue weighted by molar-refractivity contribution is 7.99. The second kappa shape index (κ2) is 11.5. The minimum Gasteiger partial charge on any atom is -0.372 e. The van der Waals surface area contributed by atoms with Gasteiger partial charge in [-0.15, -0.1) is 10.2 Å². The second-order valence-corrected chi connectivity index (χ2v) is 9.68. The smallest absolute Gasteiger partial charge is 0.265 e. The molecule has 2 amide bonds. The molecule has 2 heterocycles. The Bertz CT molecular complexity index is 1130. The number of carbonyl (C=O) groups is 2. The Balaban J connectivity index is 1.67. The number of aromatic nitrogens is 4. The molecule has 3 rings (SSSR count). The molecule has 0 atom stereocenters. The number of thioether (sulfide) groups is 1. The van der Waals surface area contributed by atoms with Crippen molar-refractivity contribution in [1.82, 2.24) is 24.6 Å². The van der Waals surface area contributed by atoms with E-state index in [1.807, 2.05) is 11.5 Å². The zero-order chi connectivity index (χ0) is 24.8. The topological polar surface area (TPSA) is 96.2 Å². The van der Waals surface area contributed by atoms with Crippen molar-refractivity contribution in [1.29, 1.82) is 0 Å². The van der Waals surface area contributed by atoms with E-state index in [9.17, 15) is 9.59 Å². The average Bonchev–Trinajstić information content (AvgIpc) is 3.40. The van der Waals surface area contributed by atoms with Gasteiger partial charge >= 0.3 is 0 Å². The molecule has 0 fully saturated rings. The summed E-state index contributed by atoms with van der Waals surface area (Å²) in [5, 5.41) is 12.6. The fraction of sp³-hybridized carbons (Fsp3) is 0.435. The lowest BCUT2D eigenvalue weighted by molar-refractivity contribution is -0.113. The summed E-state index contributed by atoms with van der Waals surface area (Å²) in [4.78, 5) is 33.3. The third-order valence-corrected chi connectivity index (χ3v) is 7.29. The zero-order valence-corrected chi connectivity index (χ0v) is 22.1. The summed E-state index contributed by atoms with van der Waals surface area (Å²) in [6, 6.07) is 8.32. The van der Waals surface area contributed by atoms with Gasteiger partial charge in [0.1, 0.15) is 4.88 Å². The maximum Gasteiger partial charge on any atom is 0.265 e. The summed E-state index contributed by atoms with van der Waals surface area (Å²) in [6.07, 6.45) is 0. The Hall–Kier alpha value is -2.92. The van der Waals surface area contributed by atoms with E-state index in [4.69, 9.17) is 0 Å². The van der Waals surface area contributed by atoms with Crippen LogP contribution in [-0.4, -0.2) is 69.4 Å². The van der Waals surface area contributed by atoms with Crippen molar-refractivity contribution in [3.8, 4) is 11.4 Å². The van der Waals surface area contributed by atoms with Gasteiger partial charge in [-0.25, -0.2) is 4.98 Å². The first-order chi connectivity index (χ1) is 16.3. The molecule has 0 bridgehead atoms. The Labute approximate surface area is 208 Å². The number of nitrogens with one attached hydrogen (secondary N) is 1. The van der Waals surface area contributed by atoms with Gasteiger partial charge < -0.3 is 19.7 Å². The van der Waals surface area contributed by atoms with Gasteiger partial charge in [-0.05, 0) is 52.0 Å². The first kappa shape index (κ1) is 25.7. The molecule has 3 aromatic rings. The summed E-state index contributed by atoms with van der Waals surface area (Å²) in [5.74, 6) is 0.602. The van der Waals surface area contributed by atoms with Crippen LogP contribution in [-0.2, 0) is 11.3 Å². The molecule has 182 valence electrons. The number of hydrogen-bond acceptors (Lipinski definition) is 8. The van der Waals surface area contributed by atoms with Gasteiger partial charge in [-0.2, -0.15) is 0 Å². The second-order valence-electron chi connectivity index (χ2n) is 7.74. The lowest BCUT2D eigenvalue weighted by Crippen LogP contribution is -2.21. The molecule has 0 aliphatic heterocycles. The molecule has 34 heavy (non-hydrogen) atoms. The van der Waals surface area contributed by atoms with Gasteiger partial charge in [0, 0.05) is 45.0 Å². The molecular formula is C23H31N7O2S2. The largest absolute Gasteiger partial charge is 0.372 e. The van der Waals surface area contributed by atoms with E-state index in [-0.39, 0.29) is 17.6 Å². The van der Waals surface area contributed by atoms with E-state index in [0.29, 0.717) is 27.4 Å². The molecule has 0 spiro atoms. The number of amides is 2. The fourth-order valence-corrected chi connectivity index (χ4v) is 5.25. The van der Waals surface area contributed by atoms with Gasteiger partial charge in [0.25, 0.3) is 5.91 Å². The quantitative estimate of drug-likeness (QED) is 0.419. The molecule has 0 aliphatic carbocycles. The van der Waals surface area contributed by atoms with Crippen molar-refractivity contribution in [3.05, 3.63) is 34.8 Å². The highest BCUT2D eigenvalue weighted by atomic mass is 32.2. The molecule has 0 radical (unpaired) electrons. The molecule has 0 unspecified atom stereocenters. The Morgan fingerprint density at radius 3 is 2.35 bits per heavy atom. The number of aryl methyl sites for hydroxylation is 1. The van der Waals surface area contributed by atoms with Gasteiger partial charge in [0.05, 0.1) is 11.4 Å². The van der Waals surface area contributed by atoms with E-state index in [1.54, 1.807) is 21.0 Å². The zero-order valence-electron chi connectivity index (χ0n) is 20.5. The highest BCUT2D eigenvalue weighted by Crippen LogP contribution is 2.27. The third kappa shape index (κ3) is 5.76. The van der Waals surface area contributed by atoms with Crippen LogP contribution in [0.3, 0.4) is 0 Å². The lowest BCUT2D eigenvalue weighted by Gasteiger charge is -2.21. The van der Waals surface area contributed by atoms with E-state index in [2.05, 4.69) is 63.5 Å². The first-order valence-corrected chi connectivity index (χ1v) is 13.0. The fourth-order valence-electron chi connectivity index (χ4n) is 3.44. The SMILES string of the molecule is CCN(CC)c1ccc(-c2nnc(SCC(=O)Nc3nc(C)c(C(=O)N(C)C)s3)n2CC)cc1. The van der Waals surface area contributed by atoms with Crippen LogP contribution in [0.25, 0.3) is 11.4 Å². The Morgan fingerprint density at radius 2 is 1.76 bits per heavy atom. The van der Waals surface area contributed by atoms with Gasteiger partial charge in [-0.3, -0.25) is 9.59 Å². The van der Waals surface area contributed by atoms with Gasteiger partial charge in [0.2, 0.25) is 5.91 Å². The molecule has 1 aromatic carbocycles. The minimum absolute atomic E-state index is 0.126. The van der Waals surface area contributed by atoms with Crippen LogP contribution in [0.1, 0.15) is 36.1 Å². The van der Waals surface area contributed by atoms with Crippen LogP contribution in [0, 0.1) is 6.92 Å². The molecule has 9 nitrogen and oxygen atoms in total.